The first-order valence-corrected chi connectivity index (χ1v) is 6.71. The monoisotopic (exact) mass is 269 g/mol. The summed E-state index contributed by atoms with van der Waals surface area (Å²) in [5.74, 6) is 3.08. The summed E-state index contributed by atoms with van der Waals surface area (Å²) in [6.45, 7) is 2.99. The van der Waals surface area contributed by atoms with Gasteiger partial charge < -0.3 is 0 Å². The maximum atomic E-state index is 13.0. The van der Waals surface area contributed by atoms with Gasteiger partial charge in [-0.25, -0.2) is 17.5 Å². The van der Waals surface area contributed by atoms with Gasteiger partial charge in [0.15, 0.2) is 0 Å². The molecule has 4 nitrogen and oxygen atoms in total. The van der Waals surface area contributed by atoms with Gasteiger partial charge in [0.25, 0.3) is 5.91 Å². The summed E-state index contributed by atoms with van der Waals surface area (Å²) < 4.78 is 37.7. The van der Waals surface area contributed by atoms with Crippen molar-refractivity contribution in [3.63, 3.8) is 0 Å². The molecule has 1 aromatic rings. The molecule has 0 aliphatic heterocycles. The zero-order valence-electron chi connectivity index (χ0n) is 9.95. The lowest BCUT2D eigenvalue weighted by Crippen LogP contribution is -2.32. The first kappa shape index (κ1) is 14.2. The van der Waals surface area contributed by atoms with Crippen LogP contribution in [0.4, 0.5) is 4.39 Å². The average molecular weight is 269 g/mol. The highest BCUT2D eigenvalue weighted by atomic mass is 32.2. The highest BCUT2D eigenvalue weighted by molar-refractivity contribution is 7.90. The van der Waals surface area contributed by atoms with Crippen LogP contribution in [-0.2, 0) is 10.0 Å². The second-order valence-corrected chi connectivity index (χ2v) is 5.30. The van der Waals surface area contributed by atoms with Crippen molar-refractivity contribution in [3.8, 4) is 11.8 Å². The van der Waals surface area contributed by atoms with Crippen LogP contribution >= 0.6 is 0 Å². The van der Waals surface area contributed by atoms with Crippen LogP contribution in [0.1, 0.15) is 22.8 Å². The Morgan fingerprint density at radius 3 is 2.67 bits per heavy atom. The van der Waals surface area contributed by atoms with Crippen LogP contribution in [0.3, 0.4) is 0 Å². The summed E-state index contributed by atoms with van der Waals surface area (Å²) in [6.07, 6.45) is 0. The van der Waals surface area contributed by atoms with Crippen molar-refractivity contribution in [2.75, 3.05) is 5.75 Å². The Labute approximate surface area is 105 Å². The second-order valence-electron chi connectivity index (χ2n) is 3.58. The van der Waals surface area contributed by atoms with Crippen molar-refractivity contribution in [2.45, 2.75) is 13.8 Å². The molecule has 0 aliphatic rings. The van der Waals surface area contributed by atoms with Crippen LogP contribution in [0.5, 0.6) is 0 Å². The van der Waals surface area contributed by atoms with Gasteiger partial charge in [-0.05, 0) is 37.6 Å². The van der Waals surface area contributed by atoms with Crippen molar-refractivity contribution < 1.29 is 17.6 Å². The van der Waals surface area contributed by atoms with E-state index in [-0.39, 0.29) is 11.1 Å². The first-order valence-electron chi connectivity index (χ1n) is 5.06. The Hall–Kier alpha value is -1.87. The maximum absolute atomic E-state index is 13.0. The van der Waals surface area contributed by atoms with Crippen molar-refractivity contribution in [1.29, 1.82) is 0 Å². The number of carbonyl (C=O) groups excluding carboxylic acids is 1. The normalized spacial score (nSPS) is 10.4. The van der Waals surface area contributed by atoms with E-state index in [2.05, 4.69) is 11.8 Å². The number of rotatable bonds is 3. The smallest absolute Gasteiger partial charge is 0.264 e. The molecule has 0 spiro atoms. The lowest BCUT2D eigenvalue weighted by molar-refractivity contribution is 0.0981. The molecule has 1 N–H and O–H groups in total. The van der Waals surface area contributed by atoms with Gasteiger partial charge in [0, 0.05) is 5.56 Å². The van der Waals surface area contributed by atoms with E-state index in [1.165, 1.54) is 26.0 Å². The van der Waals surface area contributed by atoms with E-state index in [0.29, 0.717) is 0 Å². The molecule has 0 heterocycles. The lowest BCUT2D eigenvalue weighted by Gasteiger charge is -2.05. The third kappa shape index (κ3) is 3.86. The Bertz CT molecular complexity index is 626. The van der Waals surface area contributed by atoms with Gasteiger partial charge >= 0.3 is 0 Å². The molecule has 0 saturated carbocycles. The Morgan fingerprint density at radius 2 is 2.11 bits per heavy atom. The van der Waals surface area contributed by atoms with E-state index in [4.69, 9.17) is 0 Å². The quantitative estimate of drug-likeness (QED) is 0.839. The third-order valence-corrected chi connectivity index (χ3v) is 3.13. The second kappa shape index (κ2) is 5.65. The number of carbonyl (C=O) groups is 1. The maximum Gasteiger partial charge on any atom is 0.264 e. The average Bonchev–Trinajstić information content (AvgIpc) is 2.29. The molecule has 0 aromatic heterocycles. The third-order valence-electron chi connectivity index (χ3n) is 2.11. The van der Waals surface area contributed by atoms with Crippen LogP contribution in [0, 0.1) is 24.6 Å². The number of hydrogen-bond donors (Lipinski definition) is 1. The predicted molar refractivity (Wildman–Crippen MR) is 65.8 cm³/mol. The van der Waals surface area contributed by atoms with E-state index in [0.717, 1.165) is 6.07 Å². The van der Waals surface area contributed by atoms with Crippen molar-refractivity contribution in [2.24, 2.45) is 0 Å². The summed E-state index contributed by atoms with van der Waals surface area (Å²) in [7, 11) is -3.78. The minimum absolute atomic E-state index is 0.0851. The molecule has 0 atom stereocenters. The fourth-order valence-electron chi connectivity index (χ4n) is 1.19. The van der Waals surface area contributed by atoms with Crippen LogP contribution in [0.2, 0.25) is 0 Å². The fourth-order valence-corrected chi connectivity index (χ4v) is 2.00. The molecule has 1 rings (SSSR count). The number of hydrogen-bond acceptors (Lipinski definition) is 3. The molecular formula is C12H12FNO3S. The molecule has 96 valence electrons. The van der Waals surface area contributed by atoms with Crippen LogP contribution < -0.4 is 4.72 Å². The molecule has 0 fully saturated rings. The van der Waals surface area contributed by atoms with Gasteiger partial charge in [0.05, 0.1) is 0 Å². The fraction of sp³-hybridized carbons (Fsp3) is 0.250. The topological polar surface area (TPSA) is 63.2 Å². The minimum atomic E-state index is -3.78. The standard InChI is InChI=1S/C12H12FNO3S/c1-3-4-7-18(16,17)14-12(15)10-5-6-11(13)9(2)8-10/h5-6,8H,7H2,1-2H3,(H,14,15). The van der Waals surface area contributed by atoms with Crippen molar-refractivity contribution >= 4 is 15.9 Å². The molecule has 0 unspecified atom stereocenters. The minimum Gasteiger partial charge on any atom is -0.268 e. The Balaban J connectivity index is 2.88. The number of sulfonamides is 1. The van der Waals surface area contributed by atoms with Crippen LogP contribution in [0.15, 0.2) is 18.2 Å². The number of benzene rings is 1. The van der Waals surface area contributed by atoms with E-state index >= 15 is 0 Å². The van der Waals surface area contributed by atoms with Crippen LogP contribution in [0.25, 0.3) is 0 Å². The Kier molecular flexibility index (Phi) is 4.45. The zero-order valence-corrected chi connectivity index (χ0v) is 10.8. The molecule has 6 heteroatoms. The molecule has 0 radical (unpaired) electrons. The van der Waals surface area contributed by atoms with Gasteiger partial charge in [-0.2, -0.15) is 0 Å². The molecule has 0 saturated heterocycles. The number of halogens is 1. The zero-order chi connectivity index (χ0) is 13.8. The summed E-state index contributed by atoms with van der Waals surface area (Å²) in [4.78, 5) is 11.6. The van der Waals surface area contributed by atoms with Gasteiger partial charge in [-0.15, -0.1) is 5.92 Å². The number of nitrogens with one attached hydrogen (secondary N) is 1. The molecular weight excluding hydrogens is 257 g/mol. The van der Waals surface area contributed by atoms with E-state index < -0.39 is 27.5 Å². The Morgan fingerprint density at radius 1 is 1.44 bits per heavy atom. The predicted octanol–water partition coefficient (Wildman–Crippen LogP) is 1.22. The van der Waals surface area contributed by atoms with E-state index in [9.17, 15) is 17.6 Å². The largest absolute Gasteiger partial charge is 0.268 e. The highest BCUT2D eigenvalue weighted by Crippen LogP contribution is 2.09. The summed E-state index contributed by atoms with van der Waals surface area (Å²) >= 11 is 0. The molecule has 0 bridgehead atoms. The summed E-state index contributed by atoms with van der Waals surface area (Å²) in [5, 5.41) is 0. The van der Waals surface area contributed by atoms with E-state index in [1.54, 1.807) is 0 Å². The van der Waals surface area contributed by atoms with Crippen LogP contribution in [-0.4, -0.2) is 20.1 Å². The van der Waals surface area contributed by atoms with Gasteiger partial charge in [0.1, 0.15) is 11.6 Å². The van der Waals surface area contributed by atoms with Gasteiger partial charge in [0.2, 0.25) is 10.0 Å². The highest BCUT2D eigenvalue weighted by Gasteiger charge is 2.15. The molecule has 0 aliphatic carbocycles. The van der Waals surface area contributed by atoms with Crippen molar-refractivity contribution in [1.82, 2.24) is 4.72 Å². The molecule has 1 aromatic carbocycles. The summed E-state index contributed by atoms with van der Waals surface area (Å²) in [6, 6.07) is 3.62. The van der Waals surface area contributed by atoms with Gasteiger partial charge in [-0.3, -0.25) is 4.79 Å². The van der Waals surface area contributed by atoms with Gasteiger partial charge in [-0.1, -0.05) is 5.92 Å². The first-order chi connectivity index (χ1) is 8.35. The van der Waals surface area contributed by atoms with E-state index in [1.807, 2.05) is 4.72 Å². The number of amides is 1. The molecule has 18 heavy (non-hydrogen) atoms. The van der Waals surface area contributed by atoms with Crippen molar-refractivity contribution in [3.05, 3.63) is 35.1 Å². The summed E-state index contributed by atoms with van der Waals surface area (Å²) in [5.41, 5.74) is 0.357. The SMILES string of the molecule is CC#CCS(=O)(=O)NC(=O)c1ccc(F)c(C)c1. The number of aryl methyl sites for hydroxylation is 1. The lowest BCUT2D eigenvalue weighted by atomic mass is 10.1. The molecule has 1 amide bonds.